The van der Waals surface area contributed by atoms with E-state index in [2.05, 4.69) is 35.0 Å². The second kappa shape index (κ2) is 7.38. The van der Waals surface area contributed by atoms with Crippen LogP contribution in [0, 0.1) is 0 Å². The summed E-state index contributed by atoms with van der Waals surface area (Å²) in [6.07, 6.45) is 0. The molecule has 1 N–H and O–H groups in total. The number of hydrogen-bond donors (Lipinski definition) is 1. The first kappa shape index (κ1) is 15.0. The van der Waals surface area contributed by atoms with Gasteiger partial charge in [0.1, 0.15) is 0 Å². The molecule has 4 nitrogen and oxygen atoms in total. The molecule has 5 heteroatoms. The summed E-state index contributed by atoms with van der Waals surface area (Å²) in [4.78, 5) is 13.8. The van der Waals surface area contributed by atoms with Crippen LogP contribution in [0.2, 0.25) is 0 Å². The van der Waals surface area contributed by atoms with Gasteiger partial charge in [0.05, 0.1) is 13.2 Å². The minimum atomic E-state index is 0.0361. The van der Waals surface area contributed by atoms with Gasteiger partial charge in [-0.3, -0.25) is 9.69 Å². The highest BCUT2D eigenvalue weighted by Gasteiger charge is 2.06. The van der Waals surface area contributed by atoms with Crippen LogP contribution in [-0.2, 0) is 16.1 Å². The quantitative estimate of drug-likeness (QED) is 0.849. The lowest BCUT2D eigenvalue weighted by molar-refractivity contribution is -0.122. The van der Waals surface area contributed by atoms with E-state index in [1.54, 1.807) is 18.4 Å². The van der Waals surface area contributed by atoms with Crippen molar-refractivity contribution in [2.45, 2.75) is 6.54 Å². The Kier molecular flexibility index (Phi) is 5.52. The zero-order valence-corrected chi connectivity index (χ0v) is 12.7. The Morgan fingerprint density at radius 3 is 3.05 bits per heavy atom. The number of methoxy groups -OCH3 is 1. The van der Waals surface area contributed by atoms with Gasteiger partial charge in [-0.1, -0.05) is 6.07 Å². The number of benzene rings is 1. The first-order valence-corrected chi connectivity index (χ1v) is 7.47. The highest BCUT2D eigenvalue weighted by Crippen LogP contribution is 2.21. The van der Waals surface area contributed by atoms with Gasteiger partial charge in [-0.05, 0) is 41.6 Å². The Bertz CT molecular complexity index is 568. The summed E-state index contributed by atoms with van der Waals surface area (Å²) in [5.74, 6) is 0.0361. The van der Waals surface area contributed by atoms with E-state index in [0.29, 0.717) is 19.7 Å². The molecule has 0 atom stereocenters. The maximum atomic E-state index is 11.8. The summed E-state index contributed by atoms with van der Waals surface area (Å²) >= 11 is 1.73. The molecule has 1 heterocycles. The number of hydrogen-bond acceptors (Lipinski definition) is 4. The van der Waals surface area contributed by atoms with E-state index in [0.717, 1.165) is 12.1 Å². The molecular formula is C15H20N2O2S. The van der Waals surface area contributed by atoms with Gasteiger partial charge in [0.2, 0.25) is 5.91 Å². The minimum absolute atomic E-state index is 0.0361. The Labute approximate surface area is 123 Å². The Balaban J connectivity index is 1.80. The topological polar surface area (TPSA) is 41.6 Å². The maximum Gasteiger partial charge on any atom is 0.234 e. The molecule has 0 aliphatic rings. The van der Waals surface area contributed by atoms with Gasteiger partial charge < -0.3 is 10.1 Å². The van der Waals surface area contributed by atoms with Crippen molar-refractivity contribution in [3.05, 3.63) is 35.2 Å². The fraction of sp³-hybridized carbons (Fsp3) is 0.400. The van der Waals surface area contributed by atoms with Crippen molar-refractivity contribution in [1.82, 2.24) is 10.2 Å². The predicted octanol–water partition coefficient (Wildman–Crippen LogP) is 2.10. The highest BCUT2D eigenvalue weighted by molar-refractivity contribution is 7.17. The molecule has 0 unspecified atom stereocenters. The molecule has 0 radical (unpaired) electrons. The van der Waals surface area contributed by atoms with Crippen LogP contribution in [0.4, 0.5) is 0 Å². The van der Waals surface area contributed by atoms with Crippen molar-refractivity contribution in [1.29, 1.82) is 0 Å². The average molecular weight is 292 g/mol. The van der Waals surface area contributed by atoms with E-state index >= 15 is 0 Å². The number of nitrogens with one attached hydrogen (secondary N) is 1. The van der Waals surface area contributed by atoms with Crippen molar-refractivity contribution >= 4 is 27.3 Å². The van der Waals surface area contributed by atoms with Crippen molar-refractivity contribution in [3.8, 4) is 0 Å². The van der Waals surface area contributed by atoms with Crippen LogP contribution < -0.4 is 5.32 Å². The Hall–Kier alpha value is -1.43. The molecule has 0 spiro atoms. The molecule has 1 amide bonds. The number of thiophene rings is 1. The number of rotatable bonds is 7. The molecule has 108 valence electrons. The number of amides is 1. The smallest absolute Gasteiger partial charge is 0.234 e. The van der Waals surface area contributed by atoms with Crippen molar-refractivity contribution in [3.63, 3.8) is 0 Å². The standard InChI is InChI=1S/C15H20N2O2S/c1-17(6-7-19-2)11-15(18)16-10-12-3-4-14-13(9-12)5-8-20-14/h3-5,8-9H,6-7,10-11H2,1-2H3,(H,16,18). The molecule has 1 aromatic carbocycles. The lowest BCUT2D eigenvalue weighted by atomic mass is 10.1. The van der Waals surface area contributed by atoms with Gasteiger partial charge in [0.15, 0.2) is 0 Å². The van der Waals surface area contributed by atoms with Gasteiger partial charge in [0.25, 0.3) is 0 Å². The third-order valence-electron chi connectivity index (χ3n) is 3.10. The predicted molar refractivity (Wildman–Crippen MR) is 83.0 cm³/mol. The molecule has 0 fully saturated rings. The van der Waals surface area contributed by atoms with E-state index in [1.807, 2.05) is 11.9 Å². The summed E-state index contributed by atoms with van der Waals surface area (Å²) in [6.45, 7) is 2.36. The fourth-order valence-corrected chi connectivity index (χ4v) is 2.72. The third kappa shape index (κ3) is 4.30. The van der Waals surface area contributed by atoms with Crippen LogP contribution >= 0.6 is 11.3 Å². The van der Waals surface area contributed by atoms with Gasteiger partial charge in [0, 0.05) is 24.9 Å². The normalized spacial score (nSPS) is 11.2. The van der Waals surface area contributed by atoms with Crippen LogP contribution in [0.1, 0.15) is 5.56 Å². The molecule has 0 saturated carbocycles. The number of fused-ring (bicyclic) bond motifs is 1. The number of carbonyl (C=O) groups is 1. The summed E-state index contributed by atoms with van der Waals surface area (Å²) in [6, 6.07) is 8.39. The van der Waals surface area contributed by atoms with Gasteiger partial charge in [-0.15, -0.1) is 11.3 Å². The Morgan fingerprint density at radius 1 is 1.40 bits per heavy atom. The highest BCUT2D eigenvalue weighted by atomic mass is 32.1. The first-order chi connectivity index (χ1) is 9.69. The number of nitrogens with zero attached hydrogens (tertiary/aromatic N) is 1. The van der Waals surface area contributed by atoms with Gasteiger partial charge in [-0.2, -0.15) is 0 Å². The van der Waals surface area contributed by atoms with E-state index in [1.165, 1.54) is 10.1 Å². The second-order valence-corrected chi connectivity index (χ2v) is 5.75. The molecule has 0 aliphatic carbocycles. The molecule has 1 aromatic heterocycles. The second-order valence-electron chi connectivity index (χ2n) is 4.80. The zero-order chi connectivity index (χ0) is 14.4. The minimum Gasteiger partial charge on any atom is -0.383 e. The zero-order valence-electron chi connectivity index (χ0n) is 11.9. The fourth-order valence-electron chi connectivity index (χ4n) is 1.95. The van der Waals surface area contributed by atoms with E-state index in [-0.39, 0.29) is 5.91 Å². The van der Waals surface area contributed by atoms with E-state index in [4.69, 9.17) is 4.74 Å². The molecule has 0 bridgehead atoms. The lowest BCUT2D eigenvalue weighted by Gasteiger charge is -2.15. The van der Waals surface area contributed by atoms with Gasteiger partial charge in [-0.25, -0.2) is 0 Å². The van der Waals surface area contributed by atoms with Gasteiger partial charge >= 0.3 is 0 Å². The number of carbonyl (C=O) groups excluding carboxylic acids is 1. The lowest BCUT2D eigenvalue weighted by Crippen LogP contribution is -2.36. The molecule has 2 rings (SSSR count). The van der Waals surface area contributed by atoms with Crippen LogP contribution in [0.5, 0.6) is 0 Å². The molecular weight excluding hydrogens is 272 g/mol. The molecule has 0 saturated heterocycles. The molecule has 20 heavy (non-hydrogen) atoms. The monoisotopic (exact) mass is 292 g/mol. The van der Waals surface area contributed by atoms with Crippen LogP contribution in [-0.4, -0.2) is 44.7 Å². The largest absolute Gasteiger partial charge is 0.383 e. The third-order valence-corrected chi connectivity index (χ3v) is 4.00. The first-order valence-electron chi connectivity index (χ1n) is 6.59. The van der Waals surface area contributed by atoms with E-state index in [9.17, 15) is 4.79 Å². The number of ether oxygens (including phenoxy) is 1. The summed E-state index contributed by atoms with van der Waals surface area (Å²) < 4.78 is 6.26. The van der Waals surface area contributed by atoms with E-state index < -0.39 is 0 Å². The summed E-state index contributed by atoms with van der Waals surface area (Å²) in [5, 5.41) is 6.26. The summed E-state index contributed by atoms with van der Waals surface area (Å²) in [7, 11) is 3.57. The van der Waals surface area contributed by atoms with Crippen LogP contribution in [0.3, 0.4) is 0 Å². The van der Waals surface area contributed by atoms with Crippen molar-refractivity contribution in [2.24, 2.45) is 0 Å². The van der Waals surface area contributed by atoms with Crippen LogP contribution in [0.15, 0.2) is 29.6 Å². The molecule has 2 aromatic rings. The maximum absolute atomic E-state index is 11.8. The SMILES string of the molecule is COCCN(C)CC(=O)NCc1ccc2sccc2c1. The Morgan fingerprint density at radius 2 is 2.25 bits per heavy atom. The average Bonchev–Trinajstić information content (AvgIpc) is 2.90. The van der Waals surface area contributed by atoms with Crippen molar-refractivity contribution < 1.29 is 9.53 Å². The summed E-state index contributed by atoms with van der Waals surface area (Å²) in [5.41, 5.74) is 1.13. The van der Waals surface area contributed by atoms with Crippen molar-refractivity contribution in [2.75, 3.05) is 33.9 Å². The molecule has 0 aliphatic heterocycles. The van der Waals surface area contributed by atoms with Crippen LogP contribution in [0.25, 0.3) is 10.1 Å². The number of likely N-dealkylation sites (N-methyl/N-ethyl adjacent to an activating group) is 1.